The molecule has 0 aliphatic rings. The van der Waals surface area contributed by atoms with E-state index in [1.807, 2.05) is 19.1 Å². The van der Waals surface area contributed by atoms with Crippen molar-refractivity contribution in [1.82, 2.24) is 8.87 Å². The highest BCUT2D eigenvalue weighted by atomic mass is 32.2. The van der Waals surface area contributed by atoms with Crippen molar-refractivity contribution in [3.8, 4) is 0 Å². The first kappa shape index (κ1) is 22.8. The van der Waals surface area contributed by atoms with Crippen LogP contribution < -0.4 is 0 Å². The summed E-state index contributed by atoms with van der Waals surface area (Å²) in [6.45, 7) is 7.69. The van der Waals surface area contributed by atoms with E-state index in [9.17, 15) is 18.0 Å². The van der Waals surface area contributed by atoms with Crippen LogP contribution in [0.25, 0.3) is 0 Å². The molecule has 158 valence electrons. The molecule has 29 heavy (non-hydrogen) atoms. The fourth-order valence-electron chi connectivity index (χ4n) is 3.00. The highest BCUT2D eigenvalue weighted by molar-refractivity contribution is 7.89. The van der Waals surface area contributed by atoms with Crippen LogP contribution in [-0.4, -0.2) is 48.2 Å². The summed E-state index contributed by atoms with van der Waals surface area (Å²) in [5.41, 5.74) is 1.63. The number of carbonyl (C=O) groups excluding carboxylic acids is 2. The van der Waals surface area contributed by atoms with E-state index >= 15 is 0 Å². The molecule has 0 bridgehead atoms. The lowest BCUT2D eigenvalue weighted by Crippen LogP contribution is -2.30. The Morgan fingerprint density at radius 3 is 2.21 bits per heavy atom. The molecule has 1 atom stereocenters. The summed E-state index contributed by atoms with van der Waals surface area (Å²) in [5, 5.41) is 0. The zero-order valence-electron chi connectivity index (χ0n) is 17.5. The van der Waals surface area contributed by atoms with E-state index in [2.05, 4.69) is 0 Å². The van der Waals surface area contributed by atoms with E-state index in [4.69, 9.17) is 4.74 Å². The van der Waals surface area contributed by atoms with Gasteiger partial charge in [-0.3, -0.25) is 4.79 Å². The molecule has 1 aromatic heterocycles. The van der Waals surface area contributed by atoms with Gasteiger partial charge in [-0.15, -0.1) is 0 Å². The van der Waals surface area contributed by atoms with E-state index < -0.39 is 22.1 Å². The molecule has 0 aliphatic heterocycles. The van der Waals surface area contributed by atoms with Crippen molar-refractivity contribution < 1.29 is 22.7 Å². The van der Waals surface area contributed by atoms with Gasteiger partial charge in [0.25, 0.3) is 0 Å². The van der Waals surface area contributed by atoms with E-state index in [-0.39, 0.29) is 16.4 Å². The van der Waals surface area contributed by atoms with Crippen molar-refractivity contribution in [3.63, 3.8) is 0 Å². The summed E-state index contributed by atoms with van der Waals surface area (Å²) in [4.78, 5) is 25.1. The summed E-state index contributed by atoms with van der Waals surface area (Å²) in [6, 6.07) is 8.43. The topological polar surface area (TPSA) is 85.7 Å². The van der Waals surface area contributed by atoms with E-state index in [0.29, 0.717) is 18.7 Å². The number of hydrogen-bond donors (Lipinski definition) is 0. The van der Waals surface area contributed by atoms with Gasteiger partial charge in [-0.25, -0.2) is 13.2 Å². The Morgan fingerprint density at radius 2 is 1.69 bits per heavy atom. The van der Waals surface area contributed by atoms with Crippen LogP contribution in [0.1, 0.15) is 54.1 Å². The number of Topliss-reactive ketones (excluding diaryl/α,β-unsaturated/α-hetero) is 1. The summed E-state index contributed by atoms with van der Waals surface area (Å²) in [5.74, 6) is -1.06. The van der Waals surface area contributed by atoms with Gasteiger partial charge in [0.2, 0.25) is 15.8 Å². The average molecular weight is 421 g/mol. The SMILES string of the molecule is CCc1ccc(C(=O)C(C)OC(=O)c2cc(S(=O)(=O)N(CC)CC)cn2C)cc1. The van der Waals surface area contributed by atoms with Crippen molar-refractivity contribution in [2.45, 2.75) is 45.1 Å². The Kier molecular flexibility index (Phi) is 7.37. The van der Waals surface area contributed by atoms with Gasteiger partial charge in [-0.05, 0) is 25.0 Å². The molecule has 8 heteroatoms. The number of ether oxygens (including phenoxy) is 1. The Balaban J connectivity index is 2.18. The number of carbonyl (C=O) groups is 2. The van der Waals surface area contributed by atoms with Crippen LogP contribution in [-0.2, 0) is 28.2 Å². The number of aromatic nitrogens is 1. The molecule has 0 radical (unpaired) electrons. The minimum Gasteiger partial charge on any atom is -0.450 e. The average Bonchev–Trinajstić information content (AvgIpc) is 3.10. The van der Waals surface area contributed by atoms with Crippen molar-refractivity contribution in [2.24, 2.45) is 7.05 Å². The molecule has 0 saturated carbocycles. The van der Waals surface area contributed by atoms with Crippen LogP contribution in [0.2, 0.25) is 0 Å². The van der Waals surface area contributed by atoms with Crippen LogP contribution in [0.5, 0.6) is 0 Å². The molecule has 2 rings (SSSR count). The third kappa shape index (κ3) is 4.94. The Labute approximate surface area is 172 Å². The maximum absolute atomic E-state index is 12.7. The van der Waals surface area contributed by atoms with Gasteiger partial charge in [0.15, 0.2) is 6.10 Å². The molecule has 0 amide bonds. The summed E-state index contributed by atoms with van der Waals surface area (Å²) in [7, 11) is -2.13. The number of aryl methyl sites for hydroxylation is 2. The van der Waals surface area contributed by atoms with Gasteiger partial charge in [0, 0.05) is 31.9 Å². The first-order chi connectivity index (χ1) is 13.6. The maximum Gasteiger partial charge on any atom is 0.355 e. The fraction of sp³-hybridized carbons (Fsp3) is 0.429. The number of sulfonamides is 1. The number of hydrogen-bond acceptors (Lipinski definition) is 5. The normalized spacial score (nSPS) is 12.8. The molecule has 0 N–H and O–H groups in total. The number of benzene rings is 1. The maximum atomic E-state index is 12.7. The van der Waals surface area contributed by atoms with Crippen molar-refractivity contribution in [2.75, 3.05) is 13.1 Å². The fourth-order valence-corrected chi connectivity index (χ4v) is 4.53. The zero-order chi connectivity index (χ0) is 21.8. The Bertz CT molecular complexity index is 973. The third-order valence-corrected chi connectivity index (χ3v) is 6.85. The molecule has 0 fully saturated rings. The van der Waals surface area contributed by atoms with E-state index in [1.54, 1.807) is 33.0 Å². The molecule has 1 unspecified atom stereocenters. The van der Waals surface area contributed by atoms with Crippen LogP contribution >= 0.6 is 0 Å². The minimum absolute atomic E-state index is 0.0183. The van der Waals surface area contributed by atoms with Crippen LogP contribution in [0.15, 0.2) is 41.4 Å². The second-order valence-electron chi connectivity index (χ2n) is 6.72. The molecule has 2 aromatic rings. The molecular formula is C21H28N2O5S. The Hall–Kier alpha value is -2.45. The highest BCUT2D eigenvalue weighted by Gasteiger charge is 2.27. The van der Waals surface area contributed by atoms with Crippen LogP contribution in [0, 0.1) is 0 Å². The van der Waals surface area contributed by atoms with Gasteiger partial charge in [-0.1, -0.05) is 45.0 Å². The molecule has 0 spiro atoms. The first-order valence-corrected chi connectivity index (χ1v) is 11.1. The quantitative estimate of drug-likeness (QED) is 0.460. The Morgan fingerprint density at radius 1 is 1.10 bits per heavy atom. The van der Waals surface area contributed by atoms with E-state index in [0.717, 1.165) is 12.0 Å². The monoisotopic (exact) mass is 420 g/mol. The second-order valence-corrected chi connectivity index (χ2v) is 8.66. The first-order valence-electron chi connectivity index (χ1n) is 9.66. The van der Waals surface area contributed by atoms with Gasteiger partial charge in [0.05, 0.1) is 0 Å². The number of rotatable bonds is 9. The lowest BCUT2D eigenvalue weighted by molar-refractivity contribution is 0.0309. The third-order valence-electron chi connectivity index (χ3n) is 4.83. The number of ketones is 1. The van der Waals surface area contributed by atoms with Gasteiger partial charge in [-0.2, -0.15) is 4.31 Å². The zero-order valence-corrected chi connectivity index (χ0v) is 18.3. The summed E-state index contributed by atoms with van der Waals surface area (Å²) < 4.78 is 33.3. The van der Waals surface area contributed by atoms with Crippen LogP contribution in [0.4, 0.5) is 0 Å². The minimum atomic E-state index is -3.69. The largest absolute Gasteiger partial charge is 0.450 e. The van der Waals surface area contributed by atoms with Crippen LogP contribution in [0.3, 0.4) is 0 Å². The number of nitrogens with zero attached hydrogens (tertiary/aromatic N) is 2. The molecule has 7 nitrogen and oxygen atoms in total. The molecular weight excluding hydrogens is 392 g/mol. The predicted octanol–water partition coefficient (Wildman–Crippen LogP) is 3.05. The van der Waals surface area contributed by atoms with Crippen molar-refractivity contribution in [1.29, 1.82) is 0 Å². The molecule has 0 aliphatic carbocycles. The summed E-state index contributed by atoms with van der Waals surface area (Å²) in [6.07, 6.45) is 1.25. The van der Waals surface area contributed by atoms with Crippen molar-refractivity contribution in [3.05, 3.63) is 53.3 Å². The smallest absolute Gasteiger partial charge is 0.355 e. The molecule has 0 saturated heterocycles. The molecule has 1 heterocycles. The molecule has 1 aromatic carbocycles. The second kappa shape index (κ2) is 9.37. The summed E-state index contributed by atoms with van der Waals surface area (Å²) >= 11 is 0. The van der Waals surface area contributed by atoms with Gasteiger partial charge >= 0.3 is 5.97 Å². The van der Waals surface area contributed by atoms with E-state index in [1.165, 1.54) is 28.1 Å². The van der Waals surface area contributed by atoms with Crippen molar-refractivity contribution >= 4 is 21.8 Å². The van der Waals surface area contributed by atoms with Gasteiger partial charge in [0.1, 0.15) is 10.6 Å². The van der Waals surface area contributed by atoms with Gasteiger partial charge < -0.3 is 9.30 Å². The predicted molar refractivity (Wildman–Crippen MR) is 111 cm³/mol. The standard InChI is InChI=1S/C21H28N2O5S/c1-6-16-9-11-17(12-10-16)20(24)15(4)28-21(25)19-13-18(14-22(19)5)29(26,27)23(7-2)8-3/h9-15H,6-8H2,1-5H3. The lowest BCUT2D eigenvalue weighted by atomic mass is 10.0. The lowest BCUT2D eigenvalue weighted by Gasteiger charge is -2.17. The number of esters is 1. The highest BCUT2D eigenvalue weighted by Crippen LogP contribution is 2.20.